The predicted octanol–water partition coefficient (Wildman–Crippen LogP) is 1.92. The van der Waals surface area contributed by atoms with E-state index >= 15 is 0 Å². The molecule has 0 aliphatic carbocycles. The summed E-state index contributed by atoms with van der Waals surface area (Å²) in [6.07, 6.45) is 2.96. The first-order valence-electron chi connectivity index (χ1n) is 6.93. The number of amides is 2. The van der Waals surface area contributed by atoms with Crippen molar-refractivity contribution < 1.29 is 9.59 Å². The van der Waals surface area contributed by atoms with E-state index in [1.807, 2.05) is 5.38 Å². The first kappa shape index (κ1) is 19.9. The minimum Gasteiger partial charge on any atom is -0.350 e. The molecule has 0 saturated carbocycles. The molecule has 2 unspecified atom stereocenters. The van der Waals surface area contributed by atoms with Crippen LogP contribution in [0.15, 0.2) is 17.5 Å². The van der Waals surface area contributed by atoms with Crippen molar-refractivity contribution in [3.8, 4) is 0 Å². The van der Waals surface area contributed by atoms with E-state index in [2.05, 4.69) is 17.6 Å². The number of unbranched alkanes of at least 4 members (excludes halogenated alkanes) is 1. The molecule has 2 atom stereocenters. The maximum atomic E-state index is 12.0. The number of hydrogen-bond donors (Lipinski definition) is 3. The second kappa shape index (κ2) is 10.6. The Labute approximate surface area is 136 Å². The maximum Gasteiger partial charge on any atom is 0.261 e. The van der Waals surface area contributed by atoms with E-state index in [1.54, 1.807) is 19.1 Å². The molecule has 0 aliphatic rings. The number of nitrogens with two attached hydrogens (primary N) is 1. The van der Waals surface area contributed by atoms with Gasteiger partial charge in [0, 0.05) is 12.6 Å². The number of thiophene rings is 1. The van der Waals surface area contributed by atoms with Gasteiger partial charge in [-0.05, 0) is 24.8 Å². The van der Waals surface area contributed by atoms with Crippen molar-refractivity contribution in [1.82, 2.24) is 10.6 Å². The van der Waals surface area contributed by atoms with Crippen LogP contribution < -0.4 is 16.4 Å². The lowest BCUT2D eigenvalue weighted by Crippen LogP contribution is -2.49. The molecule has 0 aliphatic heterocycles. The van der Waals surface area contributed by atoms with Crippen LogP contribution in [0.3, 0.4) is 0 Å². The molecule has 0 fully saturated rings. The molecule has 0 saturated heterocycles. The molecule has 7 heteroatoms. The topological polar surface area (TPSA) is 84.2 Å². The van der Waals surface area contributed by atoms with Gasteiger partial charge in [0.1, 0.15) is 6.04 Å². The van der Waals surface area contributed by atoms with E-state index in [-0.39, 0.29) is 30.3 Å². The quantitative estimate of drug-likeness (QED) is 0.679. The van der Waals surface area contributed by atoms with E-state index in [4.69, 9.17) is 5.73 Å². The van der Waals surface area contributed by atoms with Gasteiger partial charge in [-0.1, -0.05) is 25.8 Å². The molecule has 1 heterocycles. The smallest absolute Gasteiger partial charge is 0.261 e. The van der Waals surface area contributed by atoms with Gasteiger partial charge in [0.25, 0.3) is 5.91 Å². The summed E-state index contributed by atoms with van der Waals surface area (Å²) in [7, 11) is 0. The average Bonchev–Trinajstić information content (AvgIpc) is 2.97. The summed E-state index contributed by atoms with van der Waals surface area (Å²) in [6, 6.07) is 2.94. The largest absolute Gasteiger partial charge is 0.350 e. The van der Waals surface area contributed by atoms with E-state index in [0.717, 1.165) is 19.3 Å². The summed E-state index contributed by atoms with van der Waals surface area (Å²) < 4.78 is 0. The third kappa shape index (κ3) is 6.93. The molecule has 0 aromatic carbocycles. The van der Waals surface area contributed by atoms with Gasteiger partial charge >= 0.3 is 0 Å². The number of rotatable bonds is 8. The van der Waals surface area contributed by atoms with Crippen LogP contribution in [-0.2, 0) is 4.79 Å². The highest BCUT2D eigenvalue weighted by Gasteiger charge is 2.19. The second-order valence-electron chi connectivity index (χ2n) is 4.76. The van der Waals surface area contributed by atoms with Gasteiger partial charge in [0.15, 0.2) is 0 Å². The summed E-state index contributed by atoms with van der Waals surface area (Å²) in [4.78, 5) is 24.4. The van der Waals surface area contributed by atoms with E-state index in [9.17, 15) is 9.59 Å². The van der Waals surface area contributed by atoms with Crippen molar-refractivity contribution in [2.75, 3.05) is 6.54 Å². The highest BCUT2D eigenvalue weighted by Crippen LogP contribution is 2.08. The normalized spacial score (nSPS) is 12.9. The molecular weight excluding hydrogens is 310 g/mol. The molecule has 0 spiro atoms. The summed E-state index contributed by atoms with van der Waals surface area (Å²) in [6.45, 7) is 4.19. The average molecular weight is 334 g/mol. The van der Waals surface area contributed by atoms with Crippen LogP contribution in [0.25, 0.3) is 0 Å². The van der Waals surface area contributed by atoms with Crippen LogP contribution in [0, 0.1) is 0 Å². The van der Waals surface area contributed by atoms with Crippen molar-refractivity contribution >= 4 is 35.6 Å². The third-order valence-corrected chi connectivity index (χ3v) is 3.89. The van der Waals surface area contributed by atoms with E-state index in [0.29, 0.717) is 11.4 Å². The minimum atomic E-state index is -0.569. The summed E-state index contributed by atoms with van der Waals surface area (Å²) >= 11 is 1.35. The molecular formula is C14H24ClN3O2S. The fraction of sp³-hybridized carbons (Fsp3) is 0.571. The Kier molecular flexibility index (Phi) is 10.0. The number of carbonyl (C=O) groups is 2. The first-order chi connectivity index (χ1) is 9.58. The molecule has 1 aromatic rings. The van der Waals surface area contributed by atoms with Gasteiger partial charge in [0.2, 0.25) is 5.91 Å². The molecule has 0 bridgehead atoms. The zero-order valence-electron chi connectivity index (χ0n) is 12.4. The zero-order chi connectivity index (χ0) is 15.0. The fourth-order valence-electron chi connectivity index (χ4n) is 1.77. The lowest BCUT2D eigenvalue weighted by Gasteiger charge is -2.20. The first-order valence-corrected chi connectivity index (χ1v) is 7.81. The Morgan fingerprint density at radius 3 is 2.62 bits per heavy atom. The molecule has 1 rings (SSSR count). The molecule has 120 valence electrons. The minimum absolute atomic E-state index is 0. The van der Waals surface area contributed by atoms with Crippen molar-refractivity contribution in [1.29, 1.82) is 0 Å². The van der Waals surface area contributed by atoms with Gasteiger partial charge in [-0.2, -0.15) is 0 Å². The second-order valence-corrected chi connectivity index (χ2v) is 5.70. The lowest BCUT2D eigenvalue weighted by atomic mass is 10.1. The SMILES string of the molecule is CCCCC(CN)NC(=O)C(C)NC(=O)c1cccs1.Cl. The molecule has 1 aromatic heterocycles. The zero-order valence-corrected chi connectivity index (χ0v) is 14.1. The molecule has 2 amide bonds. The summed E-state index contributed by atoms with van der Waals surface area (Å²) in [5.41, 5.74) is 5.64. The molecule has 5 nitrogen and oxygen atoms in total. The monoisotopic (exact) mass is 333 g/mol. The fourth-order valence-corrected chi connectivity index (χ4v) is 2.39. The van der Waals surface area contributed by atoms with Crippen molar-refractivity contribution in [3.05, 3.63) is 22.4 Å². The number of carbonyl (C=O) groups excluding carboxylic acids is 2. The van der Waals surface area contributed by atoms with Crippen LogP contribution in [0.5, 0.6) is 0 Å². The van der Waals surface area contributed by atoms with E-state index < -0.39 is 6.04 Å². The van der Waals surface area contributed by atoms with Crippen molar-refractivity contribution in [2.24, 2.45) is 5.73 Å². The Morgan fingerprint density at radius 1 is 1.38 bits per heavy atom. The van der Waals surface area contributed by atoms with Crippen molar-refractivity contribution in [2.45, 2.75) is 45.2 Å². The molecule has 4 N–H and O–H groups in total. The maximum absolute atomic E-state index is 12.0. The van der Waals surface area contributed by atoms with Gasteiger partial charge in [0.05, 0.1) is 4.88 Å². The Bertz CT molecular complexity index is 426. The van der Waals surface area contributed by atoms with Crippen molar-refractivity contribution in [3.63, 3.8) is 0 Å². The predicted molar refractivity (Wildman–Crippen MR) is 89.0 cm³/mol. The number of halogens is 1. The Hall–Kier alpha value is -1.11. The standard InChI is InChI=1S/C14H23N3O2S.ClH/c1-3-4-6-11(9-15)17-13(18)10(2)16-14(19)12-7-5-8-20-12;/h5,7-8,10-11H,3-4,6,9,15H2,1-2H3,(H,16,19)(H,17,18);1H. The van der Waals surface area contributed by atoms with Crippen LogP contribution in [0.1, 0.15) is 42.8 Å². The lowest BCUT2D eigenvalue weighted by molar-refractivity contribution is -0.123. The van der Waals surface area contributed by atoms with Crippen LogP contribution in [0.2, 0.25) is 0 Å². The Balaban J connectivity index is 0.00000400. The van der Waals surface area contributed by atoms with Crippen LogP contribution >= 0.6 is 23.7 Å². The number of hydrogen-bond acceptors (Lipinski definition) is 4. The highest BCUT2D eigenvalue weighted by molar-refractivity contribution is 7.12. The van der Waals surface area contributed by atoms with E-state index in [1.165, 1.54) is 11.3 Å². The molecule has 0 radical (unpaired) electrons. The van der Waals surface area contributed by atoms with Crippen LogP contribution in [-0.4, -0.2) is 30.4 Å². The van der Waals surface area contributed by atoms with Gasteiger partial charge in [-0.25, -0.2) is 0 Å². The van der Waals surface area contributed by atoms with Gasteiger partial charge in [-0.3, -0.25) is 9.59 Å². The molecule has 21 heavy (non-hydrogen) atoms. The van der Waals surface area contributed by atoms with Gasteiger partial charge in [-0.15, -0.1) is 23.7 Å². The van der Waals surface area contributed by atoms with Crippen LogP contribution in [0.4, 0.5) is 0 Å². The third-order valence-electron chi connectivity index (χ3n) is 3.02. The highest BCUT2D eigenvalue weighted by atomic mass is 35.5. The Morgan fingerprint density at radius 2 is 2.10 bits per heavy atom. The summed E-state index contributed by atoms with van der Waals surface area (Å²) in [5, 5.41) is 7.39. The summed E-state index contributed by atoms with van der Waals surface area (Å²) in [5.74, 6) is -0.415. The number of nitrogens with one attached hydrogen (secondary N) is 2. The van der Waals surface area contributed by atoms with Gasteiger partial charge < -0.3 is 16.4 Å².